The molecule has 0 spiro atoms. The maximum Gasteiger partial charge on any atom is 0.241 e. The van der Waals surface area contributed by atoms with E-state index in [1.54, 1.807) is 13.3 Å². The second-order valence-corrected chi connectivity index (χ2v) is 6.10. The molecule has 3 rings (SSSR count). The molecule has 0 saturated carbocycles. The van der Waals surface area contributed by atoms with Gasteiger partial charge < -0.3 is 4.74 Å². The summed E-state index contributed by atoms with van der Waals surface area (Å²) in [5.74, 6) is 0.553. The highest BCUT2D eigenvalue weighted by Crippen LogP contribution is 2.26. The van der Waals surface area contributed by atoms with Gasteiger partial charge in [0.25, 0.3) is 0 Å². The van der Waals surface area contributed by atoms with Crippen LogP contribution in [0.5, 0.6) is 5.75 Å². The van der Waals surface area contributed by atoms with Crippen molar-refractivity contribution in [1.82, 2.24) is 15.2 Å². The number of aromatic nitrogens is 2. The molecule has 1 amide bonds. The number of rotatable bonds is 6. The van der Waals surface area contributed by atoms with Crippen LogP contribution < -0.4 is 10.2 Å². The third kappa shape index (κ3) is 3.91. The minimum atomic E-state index is -0.159. The number of hydrazone groups is 1. The van der Waals surface area contributed by atoms with Gasteiger partial charge in [-0.25, -0.2) is 5.43 Å². The number of nitrogens with zero attached hydrogens (tertiary/aromatic N) is 3. The molecule has 0 radical (unpaired) electrons. The summed E-state index contributed by atoms with van der Waals surface area (Å²) < 4.78 is 7.24. The number of fused-ring (bicyclic) bond motifs is 1. The molecule has 0 fully saturated rings. The Labute approximate surface area is 152 Å². The first-order valence-electron chi connectivity index (χ1n) is 8.47. The predicted molar refractivity (Wildman–Crippen MR) is 103 cm³/mol. The van der Waals surface area contributed by atoms with E-state index < -0.39 is 0 Å². The molecule has 134 valence electrons. The quantitative estimate of drug-likeness (QED) is 0.548. The van der Waals surface area contributed by atoms with Gasteiger partial charge >= 0.3 is 0 Å². The Balaban J connectivity index is 1.67. The first-order chi connectivity index (χ1) is 12.6. The third-order valence-electron chi connectivity index (χ3n) is 4.19. The average Bonchev–Trinajstić information content (AvgIpc) is 2.97. The molecule has 3 aromatic rings. The minimum absolute atomic E-state index is 0.159. The van der Waals surface area contributed by atoms with Gasteiger partial charge in [-0.15, -0.1) is 0 Å². The number of hydrogen-bond acceptors (Lipinski definition) is 4. The van der Waals surface area contributed by atoms with Crippen molar-refractivity contribution in [3.05, 3.63) is 59.4 Å². The number of amides is 1. The molecule has 1 aromatic heterocycles. The highest BCUT2D eigenvalue weighted by atomic mass is 16.5. The molecule has 0 saturated heterocycles. The van der Waals surface area contributed by atoms with Crippen LogP contribution in [0.25, 0.3) is 10.8 Å². The number of hydrogen-bond donors (Lipinski definition) is 1. The van der Waals surface area contributed by atoms with Crippen molar-refractivity contribution in [1.29, 1.82) is 0 Å². The number of ether oxygens (including phenoxy) is 1. The maximum atomic E-state index is 12.0. The molecule has 0 aliphatic rings. The fraction of sp³-hybridized carbons (Fsp3) is 0.250. The SMILES string of the molecule is COc1ccc2ccccc2c1C=NNC(=O)CCn1nc(C)cc1C. The normalized spacial score (nSPS) is 11.2. The van der Waals surface area contributed by atoms with Crippen molar-refractivity contribution >= 4 is 22.9 Å². The minimum Gasteiger partial charge on any atom is -0.496 e. The maximum absolute atomic E-state index is 12.0. The van der Waals surface area contributed by atoms with E-state index >= 15 is 0 Å². The van der Waals surface area contributed by atoms with E-state index in [1.165, 1.54) is 0 Å². The van der Waals surface area contributed by atoms with E-state index in [-0.39, 0.29) is 5.91 Å². The van der Waals surface area contributed by atoms with E-state index in [0.29, 0.717) is 18.7 Å². The molecule has 6 nitrogen and oxygen atoms in total. The van der Waals surface area contributed by atoms with Gasteiger partial charge in [-0.2, -0.15) is 10.2 Å². The number of benzene rings is 2. The van der Waals surface area contributed by atoms with Gasteiger partial charge in [0, 0.05) is 17.7 Å². The monoisotopic (exact) mass is 350 g/mol. The molecule has 0 unspecified atom stereocenters. The number of carbonyl (C=O) groups excluding carboxylic acids is 1. The van der Waals surface area contributed by atoms with Crippen LogP contribution in [-0.4, -0.2) is 29.0 Å². The van der Waals surface area contributed by atoms with Gasteiger partial charge in [-0.3, -0.25) is 9.48 Å². The lowest BCUT2D eigenvalue weighted by Crippen LogP contribution is -2.20. The molecule has 1 heterocycles. The lowest BCUT2D eigenvalue weighted by molar-refractivity contribution is -0.121. The zero-order chi connectivity index (χ0) is 18.5. The summed E-state index contributed by atoms with van der Waals surface area (Å²) in [7, 11) is 1.62. The first-order valence-corrected chi connectivity index (χ1v) is 8.47. The first kappa shape index (κ1) is 17.7. The van der Waals surface area contributed by atoms with Gasteiger partial charge in [0.2, 0.25) is 5.91 Å². The topological polar surface area (TPSA) is 68.5 Å². The number of methoxy groups -OCH3 is 1. The van der Waals surface area contributed by atoms with Crippen LogP contribution in [0.3, 0.4) is 0 Å². The summed E-state index contributed by atoms with van der Waals surface area (Å²) in [6.45, 7) is 4.44. The smallest absolute Gasteiger partial charge is 0.241 e. The van der Waals surface area contributed by atoms with Crippen LogP contribution >= 0.6 is 0 Å². The second kappa shape index (κ2) is 7.82. The van der Waals surface area contributed by atoms with Crippen LogP contribution in [-0.2, 0) is 11.3 Å². The van der Waals surface area contributed by atoms with Crippen molar-refractivity contribution in [2.24, 2.45) is 5.10 Å². The number of aryl methyl sites for hydroxylation is 3. The van der Waals surface area contributed by atoms with Crippen molar-refractivity contribution in [2.75, 3.05) is 7.11 Å². The highest BCUT2D eigenvalue weighted by molar-refractivity contribution is 6.02. The number of nitrogens with one attached hydrogen (secondary N) is 1. The summed E-state index contributed by atoms with van der Waals surface area (Å²) >= 11 is 0. The third-order valence-corrected chi connectivity index (χ3v) is 4.19. The molecule has 6 heteroatoms. The fourth-order valence-corrected chi connectivity index (χ4v) is 2.92. The van der Waals surface area contributed by atoms with Crippen LogP contribution in [0.4, 0.5) is 0 Å². The predicted octanol–water partition coefficient (Wildman–Crippen LogP) is 3.20. The summed E-state index contributed by atoms with van der Waals surface area (Å²) in [5, 5.41) is 10.6. The average molecular weight is 350 g/mol. The molecular weight excluding hydrogens is 328 g/mol. The van der Waals surface area contributed by atoms with Crippen LogP contribution in [0, 0.1) is 13.8 Å². The lowest BCUT2D eigenvalue weighted by atomic mass is 10.0. The van der Waals surface area contributed by atoms with Gasteiger partial charge in [-0.05, 0) is 36.8 Å². The Kier molecular flexibility index (Phi) is 5.31. The Morgan fingerprint density at radius 3 is 2.81 bits per heavy atom. The van der Waals surface area contributed by atoms with Crippen molar-refractivity contribution in [2.45, 2.75) is 26.8 Å². The molecule has 0 aliphatic heterocycles. The van der Waals surface area contributed by atoms with Gasteiger partial charge in [0.15, 0.2) is 0 Å². The standard InChI is InChI=1S/C20H22N4O2/c1-14-12-15(2)24(23-14)11-10-20(25)22-21-13-18-17-7-5-4-6-16(17)8-9-19(18)26-3/h4-9,12-13H,10-11H2,1-3H3,(H,22,25). The lowest BCUT2D eigenvalue weighted by Gasteiger charge is -2.08. The summed E-state index contributed by atoms with van der Waals surface area (Å²) in [5.41, 5.74) is 5.40. The van der Waals surface area contributed by atoms with Gasteiger partial charge in [0.05, 0.1) is 25.6 Å². The molecule has 0 bridgehead atoms. The van der Waals surface area contributed by atoms with Crippen molar-refractivity contribution in [3.8, 4) is 5.75 Å². The Morgan fingerprint density at radius 2 is 2.08 bits per heavy atom. The Hall–Kier alpha value is -3.15. The van der Waals surface area contributed by atoms with Crippen LogP contribution in [0.2, 0.25) is 0 Å². The Bertz CT molecular complexity index is 960. The van der Waals surface area contributed by atoms with Gasteiger partial charge in [-0.1, -0.05) is 30.3 Å². The molecule has 26 heavy (non-hydrogen) atoms. The van der Waals surface area contributed by atoms with Crippen molar-refractivity contribution < 1.29 is 9.53 Å². The molecule has 0 atom stereocenters. The van der Waals surface area contributed by atoms with Crippen LogP contribution in [0.15, 0.2) is 47.6 Å². The summed E-state index contributed by atoms with van der Waals surface area (Å²) in [4.78, 5) is 12.0. The zero-order valence-corrected chi connectivity index (χ0v) is 15.2. The fourth-order valence-electron chi connectivity index (χ4n) is 2.92. The van der Waals surface area contributed by atoms with E-state index in [0.717, 1.165) is 27.7 Å². The molecule has 2 aromatic carbocycles. The largest absolute Gasteiger partial charge is 0.496 e. The van der Waals surface area contributed by atoms with Crippen molar-refractivity contribution in [3.63, 3.8) is 0 Å². The zero-order valence-electron chi connectivity index (χ0n) is 15.2. The van der Waals surface area contributed by atoms with Crippen LogP contribution in [0.1, 0.15) is 23.4 Å². The Morgan fingerprint density at radius 1 is 1.27 bits per heavy atom. The van der Waals surface area contributed by atoms with Gasteiger partial charge in [0.1, 0.15) is 5.75 Å². The molecule has 0 aliphatic carbocycles. The van der Waals surface area contributed by atoms with E-state index in [4.69, 9.17) is 4.74 Å². The van der Waals surface area contributed by atoms with E-state index in [2.05, 4.69) is 15.6 Å². The summed E-state index contributed by atoms with van der Waals surface area (Å²) in [6, 6.07) is 13.9. The number of carbonyl (C=O) groups is 1. The highest BCUT2D eigenvalue weighted by Gasteiger charge is 2.07. The van der Waals surface area contributed by atoms with E-state index in [1.807, 2.05) is 61.0 Å². The molecule has 1 N–H and O–H groups in total. The summed E-state index contributed by atoms with van der Waals surface area (Å²) in [6.07, 6.45) is 1.94. The molecular formula is C20H22N4O2. The second-order valence-electron chi connectivity index (χ2n) is 6.10. The van der Waals surface area contributed by atoms with E-state index in [9.17, 15) is 4.79 Å².